The van der Waals surface area contributed by atoms with E-state index in [0.29, 0.717) is 6.61 Å². The maximum atomic E-state index is 10.0. The number of methoxy groups -OCH3 is 2. The maximum Gasteiger partial charge on any atom is 0.217 e. The van der Waals surface area contributed by atoms with Crippen LogP contribution in [0.4, 0.5) is 0 Å². The van der Waals surface area contributed by atoms with Crippen LogP contribution < -0.4 is 0 Å². The van der Waals surface area contributed by atoms with E-state index >= 15 is 0 Å². The van der Waals surface area contributed by atoms with E-state index in [1.807, 2.05) is 30.3 Å². The quantitative estimate of drug-likeness (QED) is 0.511. The van der Waals surface area contributed by atoms with Crippen molar-refractivity contribution in [3.8, 4) is 0 Å². The van der Waals surface area contributed by atoms with Gasteiger partial charge in [-0.2, -0.15) is 0 Å². The SMILES string of the molecule is COC1(OC)[C@@]2(Cl)C(Cl)=C(Cl)[C@@]1(Cl)[C@@H](CO)[C@H]2COCc1ccccc1. The van der Waals surface area contributed by atoms with Crippen LogP contribution in [0, 0.1) is 11.8 Å². The molecule has 1 aromatic rings. The van der Waals surface area contributed by atoms with E-state index in [1.54, 1.807) is 0 Å². The molecule has 2 aliphatic carbocycles. The first-order valence-corrected chi connectivity index (χ1v) is 9.63. The summed E-state index contributed by atoms with van der Waals surface area (Å²) in [5.74, 6) is -2.55. The van der Waals surface area contributed by atoms with Crippen molar-refractivity contribution in [2.24, 2.45) is 11.8 Å². The van der Waals surface area contributed by atoms with Crippen LogP contribution in [0.25, 0.3) is 0 Å². The number of benzene rings is 1. The summed E-state index contributed by atoms with van der Waals surface area (Å²) in [7, 11) is 2.86. The number of hydrogen-bond donors (Lipinski definition) is 1. The molecule has 26 heavy (non-hydrogen) atoms. The van der Waals surface area contributed by atoms with E-state index < -0.39 is 27.4 Å². The Morgan fingerprint density at radius 1 is 0.962 bits per heavy atom. The zero-order chi connectivity index (χ0) is 19.2. The lowest BCUT2D eigenvalue weighted by Crippen LogP contribution is -2.57. The number of aliphatic hydroxyl groups excluding tert-OH is 1. The minimum Gasteiger partial charge on any atom is -0.396 e. The van der Waals surface area contributed by atoms with Crippen LogP contribution >= 0.6 is 46.4 Å². The van der Waals surface area contributed by atoms with Gasteiger partial charge >= 0.3 is 0 Å². The Kier molecular flexibility index (Phi) is 5.90. The van der Waals surface area contributed by atoms with Crippen LogP contribution in [0.2, 0.25) is 0 Å². The summed E-state index contributed by atoms with van der Waals surface area (Å²) in [5, 5.41) is 10.3. The summed E-state index contributed by atoms with van der Waals surface area (Å²) in [6.45, 7) is 0.318. The van der Waals surface area contributed by atoms with Crippen LogP contribution in [0.3, 0.4) is 0 Å². The van der Waals surface area contributed by atoms with Crippen molar-refractivity contribution in [1.29, 1.82) is 0 Å². The summed E-state index contributed by atoms with van der Waals surface area (Å²) < 4.78 is 17.2. The number of halogens is 4. The van der Waals surface area contributed by atoms with Crippen molar-refractivity contribution in [1.82, 2.24) is 0 Å². The molecule has 0 spiro atoms. The van der Waals surface area contributed by atoms with Crippen molar-refractivity contribution in [2.45, 2.75) is 22.1 Å². The molecule has 0 radical (unpaired) electrons. The molecule has 0 aliphatic heterocycles. The molecule has 3 rings (SSSR count). The second-order valence-electron chi connectivity index (χ2n) is 6.47. The first-order chi connectivity index (χ1) is 12.3. The van der Waals surface area contributed by atoms with Crippen LogP contribution in [0.15, 0.2) is 40.4 Å². The Hall–Kier alpha value is -0.0400. The number of aliphatic hydroxyl groups is 1. The van der Waals surface area contributed by atoms with Gasteiger partial charge in [-0.25, -0.2) is 0 Å². The Bertz CT molecular complexity index is 694. The molecule has 2 bridgehead atoms. The maximum absolute atomic E-state index is 10.0. The number of hydrogen-bond acceptors (Lipinski definition) is 4. The fourth-order valence-electron chi connectivity index (χ4n) is 4.28. The van der Waals surface area contributed by atoms with E-state index in [9.17, 15) is 5.11 Å². The molecular formula is C18H20Cl4O4. The molecule has 0 heterocycles. The van der Waals surface area contributed by atoms with Crippen molar-refractivity contribution in [3.05, 3.63) is 46.0 Å². The molecule has 2 aliphatic rings. The molecule has 144 valence electrons. The van der Waals surface area contributed by atoms with E-state index in [4.69, 9.17) is 60.6 Å². The summed E-state index contributed by atoms with van der Waals surface area (Å²) in [5.41, 5.74) is 1.02. The predicted octanol–water partition coefficient (Wildman–Crippen LogP) is 4.09. The lowest BCUT2D eigenvalue weighted by molar-refractivity contribution is -0.221. The first-order valence-electron chi connectivity index (χ1n) is 8.12. The first kappa shape index (κ1) is 20.7. The lowest BCUT2D eigenvalue weighted by Gasteiger charge is -2.41. The highest BCUT2D eigenvalue weighted by atomic mass is 35.5. The van der Waals surface area contributed by atoms with Crippen LogP contribution in [0.5, 0.6) is 0 Å². The van der Waals surface area contributed by atoms with Gasteiger partial charge in [-0.3, -0.25) is 0 Å². The Labute approximate surface area is 172 Å². The minimum absolute atomic E-state index is 0.137. The number of alkyl halides is 2. The second kappa shape index (κ2) is 7.41. The zero-order valence-electron chi connectivity index (χ0n) is 14.3. The Morgan fingerprint density at radius 2 is 1.50 bits per heavy atom. The van der Waals surface area contributed by atoms with E-state index in [1.165, 1.54) is 14.2 Å². The third kappa shape index (κ3) is 2.44. The lowest BCUT2D eigenvalue weighted by atomic mass is 9.83. The molecule has 8 heteroatoms. The Morgan fingerprint density at radius 3 is 2.00 bits per heavy atom. The molecule has 1 N–H and O–H groups in total. The van der Waals surface area contributed by atoms with Gasteiger partial charge in [0.2, 0.25) is 5.79 Å². The molecule has 0 amide bonds. The summed E-state index contributed by atoms with van der Waals surface area (Å²) in [4.78, 5) is -2.78. The fraction of sp³-hybridized carbons (Fsp3) is 0.556. The smallest absolute Gasteiger partial charge is 0.217 e. The van der Waals surface area contributed by atoms with Gasteiger partial charge in [0.1, 0.15) is 9.75 Å². The van der Waals surface area contributed by atoms with Gasteiger partial charge in [0.05, 0.1) is 23.3 Å². The molecule has 0 saturated heterocycles. The van der Waals surface area contributed by atoms with Gasteiger partial charge in [-0.1, -0.05) is 53.5 Å². The largest absolute Gasteiger partial charge is 0.396 e. The molecule has 4 nitrogen and oxygen atoms in total. The summed E-state index contributed by atoms with van der Waals surface area (Å²) >= 11 is 26.8. The molecule has 0 unspecified atom stereocenters. The van der Waals surface area contributed by atoms with Gasteiger partial charge < -0.3 is 19.3 Å². The van der Waals surface area contributed by atoms with E-state index in [2.05, 4.69) is 0 Å². The Balaban J connectivity index is 1.93. The zero-order valence-corrected chi connectivity index (χ0v) is 17.4. The molecular weight excluding hydrogens is 422 g/mol. The van der Waals surface area contributed by atoms with Gasteiger partial charge in [-0.05, 0) is 5.56 Å². The second-order valence-corrected chi connectivity index (χ2v) is 8.42. The van der Waals surface area contributed by atoms with Crippen molar-refractivity contribution in [3.63, 3.8) is 0 Å². The van der Waals surface area contributed by atoms with Crippen LogP contribution in [0.1, 0.15) is 5.56 Å². The van der Waals surface area contributed by atoms with Gasteiger partial charge in [0, 0.05) is 32.7 Å². The van der Waals surface area contributed by atoms with Crippen molar-refractivity contribution >= 4 is 46.4 Å². The fourth-order valence-corrected chi connectivity index (χ4v) is 6.48. The number of fused-ring (bicyclic) bond motifs is 2. The summed E-state index contributed by atoms with van der Waals surface area (Å²) in [6.07, 6.45) is 0. The molecule has 1 fully saturated rings. The normalized spacial score (nSPS) is 35.3. The third-order valence-corrected chi connectivity index (χ3v) is 8.18. The van der Waals surface area contributed by atoms with Crippen LogP contribution in [-0.4, -0.2) is 48.1 Å². The number of rotatable bonds is 7. The number of ether oxygens (including phenoxy) is 3. The minimum atomic E-state index is -1.52. The average molecular weight is 442 g/mol. The average Bonchev–Trinajstić information content (AvgIpc) is 2.90. The van der Waals surface area contributed by atoms with Crippen molar-refractivity contribution in [2.75, 3.05) is 27.4 Å². The monoisotopic (exact) mass is 440 g/mol. The van der Waals surface area contributed by atoms with Crippen LogP contribution in [-0.2, 0) is 20.8 Å². The topological polar surface area (TPSA) is 47.9 Å². The molecule has 1 saturated carbocycles. The third-order valence-electron chi connectivity index (χ3n) is 5.48. The van der Waals surface area contributed by atoms with Crippen molar-refractivity contribution < 1.29 is 19.3 Å². The van der Waals surface area contributed by atoms with E-state index in [0.717, 1.165) is 5.56 Å². The van der Waals surface area contributed by atoms with Gasteiger partial charge in [-0.15, -0.1) is 23.2 Å². The molecule has 1 aromatic carbocycles. The van der Waals surface area contributed by atoms with Gasteiger partial charge in [0.25, 0.3) is 0 Å². The van der Waals surface area contributed by atoms with Gasteiger partial charge in [0.15, 0.2) is 0 Å². The summed E-state index contributed by atoms with van der Waals surface area (Å²) in [6, 6.07) is 9.72. The highest BCUT2D eigenvalue weighted by molar-refractivity contribution is 6.52. The standard InChI is InChI=1S/C18H20Cl4O4/c1-24-18(25-2)16(21)12(8-23)13(17(18,22)15(20)14(16)19)10-26-9-11-6-4-3-5-7-11/h3-7,12-13,23H,8-10H2,1-2H3/t12-,13+,16-,17-/m0/s1. The predicted molar refractivity (Wildman–Crippen MR) is 103 cm³/mol. The highest BCUT2D eigenvalue weighted by Gasteiger charge is 2.84. The van der Waals surface area contributed by atoms with E-state index in [-0.39, 0.29) is 23.3 Å². The molecule has 0 aromatic heterocycles. The highest BCUT2D eigenvalue weighted by Crippen LogP contribution is 2.73. The molecule has 4 atom stereocenters.